The number of β-lactam (4-membered cyclic amide) rings is 1. The molecule has 4 aromatic carbocycles. The summed E-state index contributed by atoms with van der Waals surface area (Å²) in [6.07, 6.45) is -0.667. The van der Waals surface area contributed by atoms with Crippen molar-refractivity contribution < 1.29 is 19.2 Å². The highest BCUT2D eigenvalue weighted by Gasteiger charge is 2.50. The third-order valence-corrected chi connectivity index (χ3v) is 8.89. The van der Waals surface area contributed by atoms with E-state index in [0.29, 0.717) is 5.56 Å². The minimum absolute atomic E-state index is 0.0380. The van der Waals surface area contributed by atoms with Gasteiger partial charge in [0, 0.05) is 18.2 Å². The Morgan fingerprint density at radius 3 is 1.83 bits per heavy atom. The fourth-order valence-electron chi connectivity index (χ4n) is 5.05. The van der Waals surface area contributed by atoms with Gasteiger partial charge < -0.3 is 15.4 Å². The zero-order chi connectivity index (χ0) is 28.8. The first-order valence-electron chi connectivity index (χ1n) is 13.2. The van der Waals surface area contributed by atoms with E-state index in [1.54, 1.807) is 18.7 Å². The lowest BCUT2D eigenvalue weighted by Crippen LogP contribution is -2.64. The molecule has 2 N–H and O–H groups in total. The molecular weight excluding hydrogens is 538 g/mol. The Morgan fingerprint density at radius 2 is 1.39 bits per heavy atom. The summed E-state index contributed by atoms with van der Waals surface area (Å²) in [5.41, 5.74) is 3.80. The van der Waals surface area contributed by atoms with Crippen LogP contribution in [0.2, 0.25) is 0 Å². The van der Waals surface area contributed by atoms with E-state index in [0.717, 1.165) is 16.7 Å². The van der Waals surface area contributed by atoms with Gasteiger partial charge in [0.05, 0.1) is 21.0 Å². The predicted molar refractivity (Wildman–Crippen MR) is 158 cm³/mol. The smallest absolute Gasteiger partial charge is 0.407 e. The molecule has 8 nitrogen and oxygen atoms in total. The number of benzene rings is 4. The van der Waals surface area contributed by atoms with E-state index < -0.39 is 27.7 Å². The van der Waals surface area contributed by atoms with Crippen molar-refractivity contribution in [3.63, 3.8) is 0 Å². The van der Waals surface area contributed by atoms with E-state index in [1.807, 2.05) is 54.6 Å². The molecule has 0 saturated carbocycles. The lowest BCUT2D eigenvalue weighted by atomic mass is 9.84. The number of rotatable bonds is 10. The molecule has 1 heterocycles. The molecule has 0 radical (unpaired) electrons. The number of thioether (sulfide) groups is 1. The molecule has 41 heavy (non-hydrogen) atoms. The number of nitro benzene ring substituents is 1. The summed E-state index contributed by atoms with van der Waals surface area (Å²) in [5, 5.41) is 16.4. The van der Waals surface area contributed by atoms with Gasteiger partial charge in [0.1, 0.15) is 6.61 Å². The number of amides is 2. The fourth-order valence-corrected chi connectivity index (χ4v) is 6.93. The summed E-state index contributed by atoms with van der Waals surface area (Å²) in [5.74, 6) is -0.642. The molecule has 9 heteroatoms. The summed E-state index contributed by atoms with van der Waals surface area (Å²) < 4.78 is 4.71. The Kier molecular flexibility index (Phi) is 8.35. The molecule has 1 fully saturated rings. The highest BCUT2D eigenvalue weighted by molar-refractivity contribution is 8.01. The number of hydrogen-bond donors (Lipinski definition) is 2. The van der Waals surface area contributed by atoms with Gasteiger partial charge in [-0.25, -0.2) is 4.79 Å². The van der Waals surface area contributed by atoms with Gasteiger partial charge in [-0.05, 0) is 41.3 Å². The minimum atomic E-state index is -0.667. The summed E-state index contributed by atoms with van der Waals surface area (Å²) in [6, 6.07) is 35.9. The molecule has 1 aliphatic rings. The number of nitro groups is 1. The largest absolute Gasteiger partial charge is 0.445 e. The van der Waals surface area contributed by atoms with Crippen molar-refractivity contribution in [2.75, 3.05) is 0 Å². The lowest BCUT2D eigenvalue weighted by molar-refractivity contribution is -0.384. The summed E-state index contributed by atoms with van der Waals surface area (Å²) in [7, 11) is 0. The average Bonchev–Trinajstić information content (AvgIpc) is 2.99. The van der Waals surface area contributed by atoms with E-state index in [2.05, 4.69) is 47.0 Å². The van der Waals surface area contributed by atoms with Crippen LogP contribution >= 0.6 is 11.8 Å². The van der Waals surface area contributed by atoms with Crippen LogP contribution in [0, 0.1) is 16.0 Å². The van der Waals surface area contributed by atoms with Gasteiger partial charge in [0.25, 0.3) is 5.69 Å². The highest BCUT2D eigenvalue weighted by Crippen LogP contribution is 2.52. The van der Waals surface area contributed by atoms with Crippen LogP contribution in [0.5, 0.6) is 0 Å². The van der Waals surface area contributed by atoms with E-state index in [4.69, 9.17) is 4.74 Å². The van der Waals surface area contributed by atoms with Crippen LogP contribution < -0.4 is 10.6 Å². The third kappa shape index (κ3) is 5.95. The number of nitrogens with one attached hydrogen (secondary N) is 2. The maximum absolute atomic E-state index is 12.9. The van der Waals surface area contributed by atoms with E-state index in [-0.39, 0.29) is 23.6 Å². The maximum Gasteiger partial charge on any atom is 0.407 e. The summed E-state index contributed by atoms with van der Waals surface area (Å²) in [6.45, 7) is 1.74. The number of ether oxygens (including phenoxy) is 1. The van der Waals surface area contributed by atoms with Crippen molar-refractivity contribution in [1.29, 1.82) is 0 Å². The van der Waals surface area contributed by atoms with Gasteiger partial charge >= 0.3 is 6.09 Å². The van der Waals surface area contributed by atoms with Gasteiger partial charge in [-0.15, -0.1) is 11.8 Å². The molecular formula is C32H29N3O5S. The number of carbonyl (C=O) groups is 2. The molecule has 208 valence electrons. The van der Waals surface area contributed by atoms with Gasteiger partial charge in [-0.3, -0.25) is 14.9 Å². The van der Waals surface area contributed by atoms with Crippen LogP contribution in [-0.2, 0) is 20.9 Å². The normalized spacial score (nSPS) is 17.0. The van der Waals surface area contributed by atoms with Crippen molar-refractivity contribution in [2.24, 2.45) is 5.92 Å². The molecule has 0 aliphatic carbocycles. The van der Waals surface area contributed by atoms with Gasteiger partial charge in [-0.1, -0.05) is 91.0 Å². The fraction of sp³-hybridized carbons (Fsp3) is 0.188. The van der Waals surface area contributed by atoms with Gasteiger partial charge in [0.15, 0.2) is 0 Å². The SMILES string of the molecule is CC(NC(=O)OCc1ccc([N+](=O)[O-])cc1)C1C(=O)NC1SC(c1ccccc1)(c1ccccc1)c1ccccc1. The Balaban J connectivity index is 1.36. The van der Waals surface area contributed by atoms with Gasteiger partial charge in [-0.2, -0.15) is 0 Å². The van der Waals surface area contributed by atoms with E-state index in [1.165, 1.54) is 24.3 Å². The molecule has 0 aromatic heterocycles. The molecule has 1 saturated heterocycles. The standard InChI is InChI=1S/C32H29N3O5S/c1-22(33-31(37)40-21-23-17-19-27(20-18-23)35(38)39)28-29(36)34-30(28)41-32(24-11-5-2-6-12-24,25-13-7-3-8-14-25)26-15-9-4-10-16-26/h2-20,22,28,30H,21H2,1H3,(H,33,37)(H,34,36). The van der Waals surface area contributed by atoms with Crippen molar-refractivity contribution in [1.82, 2.24) is 10.6 Å². The molecule has 2 amide bonds. The molecule has 3 atom stereocenters. The van der Waals surface area contributed by atoms with Crippen molar-refractivity contribution >= 4 is 29.4 Å². The maximum atomic E-state index is 12.9. The van der Waals surface area contributed by atoms with Crippen LogP contribution in [0.4, 0.5) is 10.5 Å². The second kappa shape index (κ2) is 12.3. The molecule has 5 rings (SSSR count). The van der Waals surface area contributed by atoms with Crippen LogP contribution in [0.25, 0.3) is 0 Å². The second-order valence-corrected chi connectivity index (χ2v) is 11.1. The Morgan fingerprint density at radius 1 is 0.902 bits per heavy atom. The monoisotopic (exact) mass is 567 g/mol. The first-order chi connectivity index (χ1) is 19.9. The lowest BCUT2D eigenvalue weighted by Gasteiger charge is -2.46. The first-order valence-corrected chi connectivity index (χ1v) is 14.1. The van der Waals surface area contributed by atoms with Crippen LogP contribution in [0.1, 0.15) is 29.2 Å². The average molecular weight is 568 g/mol. The third-order valence-electron chi connectivity index (χ3n) is 7.16. The van der Waals surface area contributed by atoms with Crippen LogP contribution in [0.3, 0.4) is 0 Å². The quantitative estimate of drug-likeness (QED) is 0.105. The van der Waals surface area contributed by atoms with Crippen molar-refractivity contribution in [2.45, 2.75) is 29.7 Å². The van der Waals surface area contributed by atoms with Crippen molar-refractivity contribution in [3.05, 3.63) is 148 Å². The first kappa shape index (κ1) is 27.9. The molecule has 4 aromatic rings. The number of non-ortho nitro benzene ring substituents is 1. The zero-order valence-electron chi connectivity index (χ0n) is 22.3. The molecule has 0 bridgehead atoms. The highest BCUT2D eigenvalue weighted by atomic mass is 32.2. The Bertz CT molecular complexity index is 1400. The van der Waals surface area contributed by atoms with E-state index in [9.17, 15) is 19.7 Å². The zero-order valence-corrected chi connectivity index (χ0v) is 23.1. The molecule has 0 spiro atoms. The van der Waals surface area contributed by atoms with E-state index >= 15 is 0 Å². The van der Waals surface area contributed by atoms with Gasteiger partial charge in [0.2, 0.25) is 5.91 Å². The second-order valence-electron chi connectivity index (χ2n) is 9.78. The number of hydrogen-bond acceptors (Lipinski definition) is 6. The Labute approximate surface area is 242 Å². The Hall–Kier alpha value is -4.63. The predicted octanol–water partition coefficient (Wildman–Crippen LogP) is 6.01. The number of carbonyl (C=O) groups excluding carboxylic acids is 2. The number of nitrogens with zero attached hydrogens (tertiary/aromatic N) is 1. The van der Waals surface area contributed by atoms with Crippen LogP contribution in [0.15, 0.2) is 115 Å². The molecule has 3 unspecified atom stereocenters. The van der Waals surface area contributed by atoms with Crippen LogP contribution in [-0.4, -0.2) is 28.3 Å². The minimum Gasteiger partial charge on any atom is -0.445 e. The number of alkyl carbamates (subject to hydrolysis) is 1. The molecule has 1 aliphatic heterocycles. The topological polar surface area (TPSA) is 111 Å². The van der Waals surface area contributed by atoms with Crippen molar-refractivity contribution in [3.8, 4) is 0 Å². The summed E-state index contributed by atoms with van der Waals surface area (Å²) >= 11 is 1.64. The summed E-state index contributed by atoms with van der Waals surface area (Å²) in [4.78, 5) is 35.9.